The molecule has 0 aliphatic carbocycles. The number of aromatic nitrogens is 8. The lowest BCUT2D eigenvalue weighted by Crippen LogP contribution is -2.32. The van der Waals surface area contributed by atoms with E-state index in [0.717, 1.165) is 44.8 Å². The highest BCUT2D eigenvalue weighted by Crippen LogP contribution is 2.24. The van der Waals surface area contributed by atoms with E-state index in [4.69, 9.17) is 33.0 Å². The molecule has 6 aromatic rings. The number of ketones is 1. The minimum atomic E-state index is -0.939. The van der Waals surface area contributed by atoms with Crippen molar-refractivity contribution < 1.29 is 24.2 Å². The second-order valence-corrected chi connectivity index (χ2v) is 18.2. The van der Waals surface area contributed by atoms with Crippen LogP contribution in [0.15, 0.2) is 85.7 Å². The summed E-state index contributed by atoms with van der Waals surface area (Å²) in [7, 11) is 0. The second kappa shape index (κ2) is 20.7. The Hall–Kier alpha value is -5.99. The predicted octanol–water partition coefficient (Wildman–Crippen LogP) is 10.3. The van der Waals surface area contributed by atoms with Gasteiger partial charge < -0.3 is 15.2 Å². The molecule has 4 aromatic heterocycles. The zero-order chi connectivity index (χ0) is 46.0. The van der Waals surface area contributed by atoms with Gasteiger partial charge in [0, 0.05) is 48.9 Å². The van der Waals surface area contributed by atoms with Crippen LogP contribution in [0.25, 0.3) is 22.5 Å². The number of nitrogens with zero attached hydrogens (tertiary/aromatic N) is 8. The predicted molar refractivity (Wildman–Crippen MR) is 242 cm³/mol. The fourth-order valence-corrected chi connectivity index (χ4v) is 5.98. The molecule has 0 aliphatic heterocycles. The van der Waals surface area contributed by atoms with Crippen LogP contribution < -0.4 is 5.32 Å². The number of ether oxygens (including phenoxy) is 1. The maximum Gasteiger partial charge on any atom is 0.407 e. The fourth-order valence-electron chi connectivity index (χ4n) is 5.69. The Morgan fingerprint density at radius 2 is 1.16 bits per heavy atom. The first-order valence-electron chi connectivity index (χ1n) is 19.9. The highest BCUT2D eigenvalue weighted by Gasteiger charge is 2.19. The molecule has 328 valence electrons. The quantitative estimate of drug-likeness (QED) is 0.104. The van der Waals surface area contributed by atoms with E-state index in [-0.39, 0.29) is 33.0 Å². The van der Waals surface area contributed by atoms with Crippen molar-refractivity contribution >= 4 is 41.0 Å². The summed E-state index contributed by atoms with van der Waals surface area (Å²) in [6.07, 6.45) is 10.4. The van der Waals surface area contributed by atoms with Crippen molar-refractivity contribution in [3.05, 3.63) is 130 Å². The molecule has 0 saturated heterocycles. The summed E-state index contributed by atoms with van der Waals surface area (Å²) >= 11 is 11.7. The van der Waals surface area contributed by atoms with E-state index in [9.17, 15) is 14.4 Å². The number of halogens is 2. The van der Waals surface area contributed by atoms with Gasteiger partial charge in [0.15, 0.2) is 5.78 Å². The van der Waals surface area contributed by atoms with Crippen LogP contribution in [0.4, 0.5) is 4.79 Å². The maximum absolute atomic E-state index is 12.5. The molecule has 14 nitrogen and oxygen atoms in total. The Labute approximate surface area is 373 Å². The molecule has 0 unspecified atom stereocenters. The standard InChI is InChI=1S/C21H23ClN4O.C17H20ClN3O2.C8H12N2O2/c1-14-11-16(18-9-10-23-20(22)25-18)6-5-15(14)7-8-19(27)17-12-24-26(13-17)21(2,3)4;1-11-9-12(14-7-8-19-15(18)21-14)5-6-13(11)10-20-16(22)23-17(2,3)4;1-8(2,3)10-5-6(4-9-10)7(11)12/h5-6,9-13H,7-8H2,1-4H3;5-9H,10H2,1-4H3,(H,20,22);4-5H,1-3H3,(H,11,12). The zero-order valence-corrected chi connectivity index (χ0v) is 38.6. The fraction of sp³-hybridized carbons (Fsp3) is 0.370. The third kappa shape index (κ3) is 14.9. The van der Waals surface area contributed by atoms with Crippen LogP contribution in [-0.2, 0) is 28.8 Å². The van der Waals surface area contributed by atoms with Crippen LogP contribution in [0.2, 0.25) is 10.6 Å². The van der Waals surface area contributed by atoms with Crippen molar-refractivity contribution in [2.45, 2.75) is 112 Å². The van der Waals surface area contributed by atoms with Crippen molar-refractivity contribution in [3.63, 3.8) is 0 Å². The van der Waals surface area contributed by atoms with Gasteiger partial charge >= 0.3 is 12.1 Å². The van der Waals surface area contributed by atoms with E-state index in [1.165, 1.54) is 12.4 Å². The van der Waals surface area contributed by atoms with Crippen molar-refractivity contribution in [1.82, 2.24) is 44.8 Å². The number of carbonyl (C=O) groups excluding carboxylic acids is 2. The lowest BCUT2D eigenvalue weighted by atomic mass is 9.98. The summed E-state index contributed by atoms with van der Waals surface area (Å²) in [5, 5.41) is 20.1. The van der Waals surface area contributed by atoms with Gasteiger partial charge in [0.05, 0.1) is 46.0 Å². The number of carbonyl (C=O) groups is 3. The number of amides is 1. The van der Waals surface area contributed by atoms with E-state index in [2.05, 4.69) is 62.3 Å². The molecule has 0 fully saturated rings. The molecule has 16 heteroatoms. The molecule has 0 atom stereocenters. The third-order valence-electron chi connectivity index (χ3n) is 9.08. The van der Waals surface area contributed by atoms with Crippen LogP contribution in [0, 0.1) is 13.8 Å². The molecular formula is C46H55Cl2N9O5. The molecule has 2 aromatic carbocycles. The number of aromatic carboxylic acids is 1. The van der Waals surface area contributed by atoms with E-state index < -0.39 is 17.7 Å². The number of benzene rings is 2. The van der Waals surface area contributed by atoms with Gasteiger partial charge in [0.1, 0.15) is 5.60 Å². The van der Waals surface area contributed by atoms with Crippen molar-refractivity contribution in [2.75, 3.05) is 0 Å². The van der Waals surface area contributed by atoms with Crippen LogP contribution in [0.5, 0.6) is 0 Å². The molecule has 0 spiro atoms. The lowest BCUT2D eigenvalue weighted by molar-refractivity contribution is 0.0522. The molecule has 6 rings (SSSR count). The number of carboxylic acids is 1. The minimum Gasteiger partial charge on any atom is -0.478 e. The van der Waals surface area contributed by atoms with E-state index in [0.29, 0.717) is 24.9 Å². The second-order valence-electron chi connectivity index (χ2n) is 17.5. The average molecular weight is 885 g/mol. The van der Waals surface area contributed by atoms with Crippen molar-refractivity contribution in [1.29, 1.82) is 0 Å². The molecule has 62 heavy (non-hydrogen) atoms. The Bertz CT molecular complexity index is 2500. The Balaban J connectivity index is 0.000000219. The topological polar surface area (TPSA) is 180 Å². The number of hydrogen-bond acceptors (Lipinski definition) is 10. The van der Waals surface area contributed by atoms with E-state index in [1.807, 2.05) is 103 Å². The Morgan fingerprint density at radius 3 is 1.56 bits per heavy atom. The highest BCUT2D eigenvalue weighted by atomic mass is 35.5. The van der Waals surface area contributed by atoms with Gasteiger partial charge in [-0.2, -0.15) is 10.2 Å². The number of rotatable bonds is 9. The molecule has 0 aliphatic rings. The first-order valence-corrected chi connectivity index (χ1v) is 20.7. The van der Waals surface area contributed by atoms with E-state index >= 15 is 0 Å². The molecule has 0 radical (unpaired) electrons. The van der Waals surface area contributed by atoms with E-state index in [1.54, 1.807) is 29.3 Å². The van der Waals surface area contributed by atoms with Gasteiger partial charge in [0.25, 0.3) is 0 Å². The number of Topliss-reactive ketones (excluding diaryl/α,β-unsaturated/α-hetero) is 1. The summed E-state index contributed by atoms with van der Waals surface area (Å²) in [5.41, 5.74) is 7.92. The third-order valence-corrected chi connectivity index (χ3v) is 9.45. The first kappa shape index (κ1) is 48.7. The number of carboxylic acid groups (broad SMARTS) is 1. The van der Waals surface area contributed by atoms with Crippen LogP contribution >= 0.6 is 23.2 Å². The normalized spacial score (nSPS) is 11.4. The Kier molecular flexibility index (Phi) is 16.3. The Morgan fingerprint density at radius 1 is 0.694 bits per heavy atom. The van der Waals surface area contributed by atoms with Crippen molar-refractivity contribution in [2.24, 2.45) is 0 Å². The molecule has 2 N–H and O–H groups in total. The van der Waals surface area contributed by atoms with Gasteiger partial charge in [-0.15, -0.1) is 0 Å². The summed E-state index contributed by atoms with van der Waals surface area (Å²) < 4.78 is 8.69. The van der Waals surface area contributed by atoms with Crippen LogP contribution in [-0.4, -0.2) is 68.1 Å². The lowest BCUT2D eigenvalue weighted by Gasteiger charge is -2.20. The molecule has 0 saturated carbocycles. The summed E-state index contributed by atoms with van der Waals surface area (Å²) in [6, 6.07) is 15.7. The monoisotopic (exact) mass is 883 g/mol. The average Bonchev–Trinajstić information content (AvgIpc) is 3.89. The number of aryl methyl sites for hydroxylation is 3. The summed E-state index contributed by atoms with van der Waals surface area (Å²) in [6.45, 7) is 22.0. The van der Waals surface area contributed by atoms with Gasteiger partial charge in [-0.3, -0.25) is 14.2 Å². The zero-order valence-electron chi connectivity index (χ0n) is 37.1. The van der Waals surface area contributed by atoms with Crippen LogP contribution in [0.1, 0.15) is 112 Å². The van der Waals surface area contributed by atoms with Crippen LogP contribution in [0.3, 0.4) is 0 Å². The molecular weight excluding hydrogens is 829 g/mol. The number of alkyl carbamates (subject to hydrolysis) is 1. The maximum atomic E-state index is 12.5. The molecule has 0 bridgehead atoms. The van der Waals surface area contributed by atoms with Crippen molar-refractivity contribution in [3.8, 4) is 22.5 Å². The van der Waals surface area contributed by atoms with Gasteiger partial charge in [-0.25, -0.2) is 29.5 Å². The number of hydrogen-bond donors (Lipinski definition) is 2. The minimum absolute atomic E-state index is 0.108. The molecule has 4 heterocycles. The summed E-state index contributed by atoms with van der Waals surface area (Å²) in [4.78, 5) is 50.9. The smallest absolute Gasteiger partial charge is 0.407 e. The first-order chi connectivity index (χ1) is 28.9. The van der Waals surface area contributed by atoms with Gasteiger partial charge in [0.2, 0.25) is 10.6 Å². The van der Waals surface area contributed by atoms with Gasteiger partial charge in [-0.05, 0) is 152 Å². The highest BCUT2D eigenvalue weighted by molar-refractivity contribution is 6.28. The number of nitrogens with one attached hydrogen (secondary N) is 1. The molecule has 1 amide bonds. The summed E-state index contributed by atoms with van der Waals surface area (Å²) in [5.74, 6) is -0.831. The largest absolute Gasteiger partial charge is 0.478 e. The van der Waals surface area contributed by atoms with Gasteiger partial charge in [-0.1, -0.05) is 24.3 Å². The SMILES string of the molecule is CC(C)(C)n1cc(C(=O)O)cn1.Cc1cc(-c2ccnc(Cl)n2)ccc1CCC(=O)c1cnn(C(C)(C)C)c1.Cc1cc(-c2ccnc(Cl)n2)ccc1CNC(=O)OC(C)(C)C.